The molecule has 2 aromatic heterocycles. The van der Waals surface area contributed by atoms with Gasteiger partial charge in [0.2, 0.25) is 0 Å². The van der Waals surface area contributed by atoms with Crippen LogP contribution in [-0.4, -0.2) is 71.7 Å². The highest BCUT2D eigenvalue weighted by atomic mass is 32.1. The molecule has 5 aromatic rings. The number of nitrogens with zero attached hydrogens (tertiary/aromatic N) is 4. The lowest BCUT2D eigenvalue weighted by Crippen LogP contribution is -2.36. The quantitative estimate of drug-likeness (QED) is 0.103. The number of hydrogen-bond donors (Lipinski definition) is 2. The van der Waals surface area contributed by atoms with Crippen molar-refractivity contribution in [1.82, 2.24) is 14.9 Å². The van der Waals surface area contributed by atoms with Gasteiger partial charge >= 0.3 is 5.97 Å². The van der Waals surface area contributed by atoms with Crippen LogP contribution >= 0.6 is 11.3 Å². The number of carbonyl (C=O) groups is 2. The number of amides is 1. The number of benzene rings is 3. The summed E-state index contributed by atoms with van der Waals surface area (Å²) < 4.78 is 12.9. The number of hydrogen-bond acceptors (Lipinski definition) is 10. The van der Waals surface area contributed by atoms with E-state index in [1.165, 1.54) is 11.3 Å². The van der Waals surface area contributed by atoms with E-state index >= 15 is 0 Å². The fraction of sp³-hybridized carbons (Fsp3) is 0.381. The molecule has 3 aromatic carbocycles. The minimum absolute atomic E-state index is 0.192. The van der Waals surface area contributed by atoms with Gasteiger partial charge in [-0.15, -0.1) is 0 Å². The average Bonchev–Trinajstić information content (AvgIpc) is 3.56. The number of esters is 1. The Kier molecular flexibility index (Phi) is 10.9. The summed E-state index contributed by atoms with van der Waals surface area (Å²) in [5.74, 6) is 0.851. The number of likely N-dealkylation sites (tertiary alicyclic amines) is 1. The molecule has 1 saturated heterocycles. The van der Waals surface area contributed by atoms with Gasteiger partial charge in [0.1, 0.15) is 17.2 Å². The molecule has 53 heavy (non-hydrogen) atoms. The Balaban J connectivity index is 1.01. The first-order valence-corrected chi connectivity index (χ1v) is 19.3. The lowest BCUT2D eigenvalue weighted by Gasteiger charge is -2.31. The Hall–Kier alpha value is -5.00. The summed E-state index contributed by atoms with van der Waals surface area (Å²) in [7, 11) is 2.17. The summed E-state index contributed by atoms with van der Waals surface area (Å²) in [6.45, 7) is 9.51. The second kappa shape index (κ2) is 15.9. The van der Waals surface area contributed by atoms with Crippen molar-refractivity contribution in [2.45, 2.75) is 71.1 Å². The van der Waals surface area contributed by atoms with E-state index in [4.69, 9.17) is 14.5 Å². The SMILES string of the molecule is CN1CCC(Nc2ccc(OCCCc3ccc(N4CCc5cccc(C(=O)Nc6nc7ccccc7s6)c5C4)nc3C(=O)OC(C)(C)C)cc2)CC1. The molecule has 4 heterocycles. The molecule has 2 aliphatic rings. The number of fused-ring (bicyclic) bond motifs is 2. The van der Waals surface area contributed by atoms with E-state index in [9.17, 15) is 9.59 Å². The van der Waals surface area contributed by atoms with Gasteiger partial charge in [0, 0.05) is 30.4 Å². The molecule has 0 spiro atoms. The van der Waals surface area contributed by atoms with Crippen LogP contribution in [0.4, 0.5) is 16.6 Å². The number of carbonyl (C=O) groups excluding carboxylic acids is 2. The minimum atomic E-state index is -0.668. The zero-order valence-electron chi connectivity index (χ0n) is 31.0. The van der Waals surface area contributed by atoms with Crippen molar-refractivity contribution in [2.24, 2.45) is 0 Å². The number of thiazole rings is 1. The maximum absolute atomic E-state index is 13.6. The highest BCUT2D eigenvalue weighted by molar-refractivity contribution is 7.22. The third-order valence-electron chi connectivity index (χ3n) is 9.72. The summed E-state index contributed by atoms with van der Waals surface area (Å²) in [4.78, 5) is 41.1. The van der Waals surface area contributed by atoms with E-state index in [-0.39, 0.29) is 5.91 Å². The summed E-state index contributed by atoms with van der Waals surface area (Å²) in [6.07, 6.45) is 4.35. The van der Waals surface area contributed by atoms with Crippen LogP contribution < -0.4 is 20.3 Å². The fourth-order valence-electron chi connectivity index (χ4n) is 6.93. The van der Waals surface area contributed by atoms with Crippen LogP contribution in [0.25, 0.3) is 10.2 Å². The summed E-state index contributed by atoms with van der Waals surface area (Å²) >= 11 is 1.46. The van der Waals surface area contributed by atoms with E-state index in [0.29, 0.717) is 60.8 Å². The summed E-state index contributed by atoms with van der Waals surface area (Å²) in [5.41, 5.74) is 5.12. The van der Waals surface area contributed by atoms with E-state index in [1.54, 1.807) is 0 Å². The number of aromatic nitrogens is 2. The molecule has 276 valence electrons. The normalized spacial score (nSPS) is 15.2. The van der Waals surface area contributed by atoms with Crippen LogP contribution in [0.2, 0.25) is 0 Å². The van der Waals surface area contributed by atoms with Crippen molar-refractivity contribution < 1.29 is 19.1 Å². The summed E-state index contributed by atoms with van der Waals surface area (Å²) in [5, 5.41) is 7.23. The molecule has 11 heteroatoms. The molecular formula is C42H48N6O4S. The Morgan fingerprint density at radius 2 is 1.72 bits per heavy atom. The second-order valence-electron chi connectivity index (χ2n) is 14.9. The summed E-state index contributed by atoms with van der Waals surface area (Å²) in [6, 6.07) is 26.3. The first-order chi connectivity index (χ1) is 25.6. The molecule has 0 atom stereocenters. The topological polar surface area (TPSA) is 109 Å². The van der Waals surface area contributed by atoms with Crippen LogP contribution in [0, 0.1) is 0 Å². The highest BCUT2D eigenvalue weighted by Gasteiger charge is 2.27. The number of ether oxygens (including phenoxy) is 2. The van der Waals surface area contributed by atoms with E-state index in [2.05, 4.69) is 50.7 Å². The van der Waals surface area contributed by atoms with Crippen molar-refractivity contribution >= 4 is 50.1 Å². The number of aryl methyl sites for hydroxylation is 1. The molecule has 2 aliphatic heterocycles. The van der Waals surface area contributed by atoms with Crippen molar-refractivity contribution in [2.75, 3.05) is 48.8 Å². The molecule has 10 nitrogen and oxygen atoms in total. The Labute approximate surface area is 315 Å². The maximum Gasteiger partial charge on any atom is 0.357 e. The van der Waals surface area contributed by atoms with Crippen LogP contribution in [0.3, 0.4) is 0 Å². The molecule has 0 unspecified atom stereocenters. The second-order valence-corrected chi connectivity index (χ2v) is 16.0. The molecule has 0 radical (unpaired) electrons. The van der Waals surface area contributed by atoms with Crippen LogP contribution in [-0.2, 0) is 24.1 Å². The molecule has 2 N–H and O–H groups in total. The Morgan fingerprint density at radius 1 is 0.925 bits per heavy atom. The predicted octanol–water partition coefficient (Wildman–Crippen LogP) is 7.98. The fourth-order valence-corrected chi connectivity index (χ4v) is 7.79. The van der Waals surface area contributed by atoms with Gasteiger partial charge in [-0.1, -0.05) is 41.7 Å². The minimum Gasteiger partial charge on any atom is -0.494 e. The first-order valence-electron chi connectivity index (χ1n) is 18.5. The van der Waals surface area contributed by atoms with Crippen LogP contribution in [0.1, 0.15) is 77.6 Å². The van der Waals surface area contributed by atoms with E-state index < -0.39 is 11.6 Å². The van der Waals surface area contributed by atoms with Crippen molar-refractivity contribution in [1.29, 1.82) is 0 Å². The van der Waals surface area contributed by atoms with Gasteiger partial charge < -0.3 is 24.6 Å². The van der Waals surface area contributed by atoms with Gasteiger partial charge in [-0.05, 0) is 138 Å². The Bertz CT molecular complexity index is 2030. The molecule has 0 bridgehead atoms. The van der Waals surface area contributed by atoms with Gasteiger partial charge in [0.25, 0.3) is 5.91 Å². The standard InChI is InChI=1S/C42H48N6O4S/c1-42(2,3)52-40(50)38-29(10-8-26-51-32-17-15-30(16-18-32)43-31-21-23-47(4)24-22-31)14-19-37(45-38)48-25-20-28-9-7-11-33(34(28)27-48)39(49)46-41-44-35-12-5-6-13-36(35)53-41/h5-7,9,11-19,31,43H,8,10,20-27H2,1-4H3,(H,44,46,49). The van der Waals surface area contributed by atoms with Gasteiger partial charge in [-0.2, -0.15) is 0 Å². The van der Waals surface area contributed by atoms with E-state index in [1.807, 2.05) is 81.4 Å². The zero-order chi connectivity index (χ0) is 37.0. The molecular weight excluding hydrogens is 685 g/mol. The van der Waals surface area contributed by atoms with Crippen molar-refractivity contribution in [3.05, 3.63) is 107 Å². The third-order valence-corrected chi connectivity index (χ3v) is 10.7. The monoisotopic (exact) mass is 732 g/mol. The number of nitrogens with one attached hydrogen (secondary N) is 2. The maximum atomic E-state index is 13.6. The van der Waals surface area contributed by atoms with Crippen LogP contribution in [0.15, 0.2) is 78.9 Å². The molecule has 1 amide bonds. The smallest absolute Gasteiger partial charge is 0.357 e. The Morgan fingerprint density at radius 3 is 2.49 bits per heavy atom. The first kappa shape index (κ1) is 36.4. The lowest BCUT2D eigenvalue weighted by molar-refractivity contribution is 0.00613. The van der Waals surface area contributed by atoms with Gasteiger partial charge in [-0.25, -0.2) is 14.8 Å². The zero-order valence-corrected chi connectivity index (χ0v) is 31.8. The lowest BCUT2D eigenvalue weighted by atomic mass is 9.94. The average molecular weight is 733 g/mol. The number of anilines is 3. The van der Waals surface area contributed by atoms with Crippen LogP contribution in [0.5, 0.6) is 5.75 Å². The number of para-hydroxylation sites is 1. The highest BCUT2D eigenvalue weighted by Crippen LogP contribution is 2.30. The van der Waals surface area contributed by atoms with Crippen molar-refractivity contribution in [3.63, 3.8) is 0 Å². The molecule has 0 aliphatic carbocycles. The third kappa shape index (κ3) is 9.15. The predicted molar refractivity (Wildman–Crippen MR) is 213 cm³/mol. The van der Waals surface area contributed by atoms with E-state index in [0.717, 1.165) is 70.7 Å². The molecule has 1 fully saturated rings. The largest absolute Gasteiger partial charge is 0.494 e. The van der Waals surface area contributed by atoms with Gasteiger partial charge in [0.15, 0.2) is 10.8 Å². The molecule has 7 rings (SSSR count). The number of piperidine rings is 1. The number of pyridine rings is 1. The van der Waals surface area contributed by atoms with Gasteiger partial charge in [-0.3, -0.25) is 10.1 Å². The molecule has 0 saturated carbocycles. The number of rotatable bonds is 11. The van der Waals surface area contributed by atoms with Crippen molar-refractivity contribution in [3.8, 4) is 5.75 Å². The van der Waals surface area contributed by atoms with Gasteiger partial charge in [0.05, 0.1) is 16.8 Å².